The summed E-state index contributed by atoms with van der Waals surface area (Å²) in [6.45, 7) is 3.36. The molecule has 1 heterocycles. The van der Waals surface area contributed by atoms with Crippen molar-refractivity contribution < 1.29 is 26.0 Å². The highest BCUT2D eigenvalue weighted by Gasteiger charge is 2.31. The maximum atomic E-state index is 13.0. The third-order valence-corrected chi connectivity index (χ3v) is 6.21. The Hall–Kier alpha value is -2.17. The van der Waals surface area contributed by atoms with Crippen molar-refractivity contribution in [2.45, 2.75) is 11.1 Å². The Morgan fingerprint density at radius 2 is 1.62 bits per heavy atom. The molecule has 1 fully saturated rings. The molecular weight excluding hydrogens is 410 g/mol. The van der Waals surface area contributed by atoms with Crippen LogP contribution in [0.25, 0.3) is 0 Å². The molecule has 0 saturated carbocycles. The first kappa shape index (κ1) is 21.5. The van der Waals surface area contributed by atoms with Gasteiger partial charge in [0.15, 0.2) is 0 Å². The summed E-state index contributed by atoms with van der Waals surface area (Å²) in [5.74, 6) is -0.291. The Labute approximate surface area is 167 Å². The molecule has 3 rings (SSSR count). The van der Waals surface area contributed by atoms with E-state index in [1.807, 2.05) is 0 Å². The van der Waals surface area contributed by atoms with E-state index in [0.717, 1.165) is 23.9 Å². The number of anilines is 1. The Morgan fingerprint density at radius 3 is 2.24 bits per heavy atom. The van der Waals surface area contributed by atoms with Crippen molar-refractivity contribution in [1.29, 1.82) is 0 Å². The molecule has 0 amide bonds. The van der Waals surface area contributed by atoms with Crippen molar-refractivity contribution in [3.8, 4) is 0 Å². The molecule has 0 radical (unpaired) electrons. The average Bonchev–Trinajstić information content (AvgIpc) is 2.69. The number of hydrogen-bond donors (Lipinski definition) is 1. The van der Waals surface area contributed by atoms with Crippen LogP contribution in [0.1, 0.15) is 5.56 Å². The standard InChI is InChI=1S/C19H21F4N3O2S/c20-16-4-6-17(7-5-16)26-12-10-25(11-13-26)9-8-24-29(27,28)18-3-1-2-15(14-18)19(21,22)23/h1-7,14,24H,8-13H2. The van der Waals surface area contributed by atoms with Crippen molar-refractivity contribution in [3.05, 3.63) is 59.9 Å². The summed E-state index contributed by atoms with van der Waals surface area (Å²) < 4.78 is 78.3. The molecule has 1 aliphatic heterocycles. The number of sulfonamides is 1. The van der Waals surface area contributed by atoms with Crippen molar-refractivity contribution in [2.24, 2.45) is 0 Å². The number of hydrogen-bond acceptors (Lipinski definition) is 4. The quantitative estimate of drug-likeness (QED) is 0.715. The van der Waals surface area contributed by atoms with Gasteiger partial charge in [-0.1, -0.05) is 6.07 Å². The van der Waals surface area contributed by atoms with Crippen LogP contribution in [0.5, 0.6) is 0 Å². The Morgan fingerprint density at radius 1 is 0.966 bits per heavy atom. The van der Waals surface area contributed by atoms with Crippen LogP contribution in [0.4, 0.5) is 23.2 Å². The molecule has 2 aromatic rings. The fourth-order valence-corrected chi connectivity index (χ4v) is 4.21. The van der Waals surface area contributed by atoms with Crippen LogP contribution in [0.15, 0.2) is 53.4 Å². The van der Waals surface area contributed by atoms with Gasteiger partial charge < -0.3 is 4.90 Å². The first-order chi connectivity index (χ1) is 13.6. The Kier molecular flexibility index (Phi) is 6.45. The number of alkyl halides is 3. The molecule has 2 aromatic carbocycles. The van der Waals surface area contributed by atoms with Gasteiger partial charge in [-0.15, -0.1) is 0 Å². The van der Waals surface area contributed by atoms with Gasteiger partial charge in [0.2, 0.25) is 10.0 Å². The fourth-order valence-electron chi connectivity index (χ4n) is 3.14. The molecule has 0 aliphatic carbocycles. The van der Waals surface area contributed by atoms with Gasteiger partial charge in [-0.3, -0.25) is 4.90 Å². The van der Waals surface area contributed by atoms with Gasteiger partial charge in [0.05, 0.1) is 10.5 Å². The average molecular weight is 431 g/mol. The summed E-state index contributed by atoms with van der Waals surface area (Å²) in [5.41, 5.74) is -0.0754. The maximum Gasteiger partial charge on any atom is 0.416 e. The third-order valence-electron chi connectivity index (χ3n) is 4.76. The minimum atomic E-state index is -4.60. The van der Waals surface area contributed by atoms with Crippen LogP contribution in [0.2, 0.25) is 0 Å². The van der Waals surface area contributed by atoms with Gasteiger partial charge in [0, 0.05) is 45.0 Å². The van der Waals surface area contributed by atoms with Crippen molar-refractivity contribution >= 4 is 15.7 Å². The van der Waals surface area contributed by atoms with Crippen LogP contribution < -0.4 is 9.62 Å². The summed E-state index contributed by atoms with van der Waals surface area (Å²) in [4.78, 5) is 3.77. The monoisotopic (exact) mass is 431 g/mol. The fraction of sp³-hybridized carbons (Fsp3) is 0.368. The second-order valence-corrected chi connectivity index (χ2v) is 8.50. The Balaban J connectivity index is 1.49. The zero-order chi connectivity index (χ0) is 21.1. The minimum absolute atomic E-state index is 0.0924. The molecular formula is C19H21F4N3O2S. The highest BCUT2D eigenvalue weighted by atomic mass is 32.2. The zero-order valence-electron chi connectivity index (χ0n) is 15.5. The van der Waals surface area contributed by atoms with Crippen molar-refractivity contribution in [2.75, 3.05) is 44.2 Å². The van der Waals surface area contributed by atoms with Crippen LogP contribution in [-0.4, -0.2) is 52.6 Å². The SMILES string of the molecule is O=S(=O)(NCCN1CCN(c2ccc(F)cc2)CC1)c1cccc(C(F)(F)F)c1. The molecule has 5 nitrogen and oxygen atoms in total. The molecule has 0 atom stereocenters. The summed E-state index contributed by atoms with van der Waals surface area (Å²) in [5, 5.41) is 0. The molecule has 1 N–H and O–H groups in total. The summed E-state index contributed by atoms with van der Waals surface area (Å²) >= 11 is 0. The van der Waals surface area contributed by atoms with Gasteiger partial charge in [-0.05, 0) is 42.5 Å². The second-order valence-electron chi connectivity index (χ2n) is 6.73. The second kappa shape index (κ2) is 8.68. The van der Waals surface area contributed by atoms with E-state index in [1.54, 1.807) is 12.1 Å². The zero-order valence-corrected chi connectivity index (χ0v) is 16.3. The number of rotatable bonds is 6. The van der Waals surface area contributed by atoms with E-state index in [0.29, 0.717) is 38.8 Å². The first-order valence-electron chi connectivity index (χ1n) is 9.05. The van der Waals surface area contributed by atoms with Gasteiger partial charge in [-0.25, -0.2) is 17.5 Å². The van der Waals surface area contributed by atoms with Crippen LogP contribution >= 0.6 is 0 Å². The van der Waals surface area contributed by atoms with E-state index in [9.17, 15) is 26.0 Å². The molecule has 1 aliphatic rings. The van der Waals surface area contributed by atoms with Gasteiger partial charge in [0.1, 0.15) is 5.82 Å². The lowest BCUT2D eigenvalue weighted by molar-refractivity contribution is -0.137. The predicted molar refractivity (Wildman–Crippen MR) is 102 cm³/mol. The van der Waals surface area contributed by atoms with Crippen LogP contribution in [-0.2, 0) is 16.2 Å². The number of benzene rings is 2. The van der Waals surface area contributed by atoms with Gasteiger partial charge >= 0.3 is 6.18 Å². The normalized spacial score (nSPS) is 16.2. The summed E-state index contributed by atoms with van der Waals surface area (Å²) in [7, 11) is -4.02. The minimum Gasteiger partial charge on any atom is -0.369 e. The van der Waals surface area contributed by atoms with E-state index in [1.165, 1.54) is 12.1 Å². The van der Waals surface area contributed by atoms with E-state index in [2.05, 4.69) is 14.5 Å². The summed E-state index contributed by atoms with van der Waals surface area (Å²) in [6, 6.07) is 9.92. The lowest BCUT2D eigenvalue weighted by Gasteiger charge is -2.36. The van der Waals surface area contributed by atoms with E-state index >= 15 is 0 Å². The lowest BCUT2D eigenvalue weighted by atomic mass is 10.2. The van der Waals surface area contributed by atoms with Crippen LogP contribution in [0, 0.1) is 5.82 Å². The van der Waals surface area contributed by atoms with Crippen LogP contribution in [0.3, 0.4) is 0 Å². The van der Waals surface area contributed by atoms with Crippen molar-refractivity contribution in [3.63, 3.8) is 0 Å². The van der Waals surface area contributed by atoms with Gasteiger partial charge in [-0.2, -0.15) is 13.2 Å². The Bertz CT molecular complexity index is 925. The van der Waals surface area contributed by atoms with Gasteiger partial charge in [0.25, 0.3) is 0 Å². The molecule has 10 heteroatoms. The topological polar surface area (TPSA) is 52.7 Å². The molecule has 1 saturated heterocycles. The first-order valence-corrected chi connectivity index (χ1v) is 10.5. The lowest BCUT2D eigenvalue weighted by Crippen LogP contribution is -2.48. The molecule has 0 unspecified atom stereocenters. The van der Waals surface area contributed by atoms with E-state index in [-0.39, 0.29) is 12.4 Å². The number of piperazine rings is 1. The highest BCUT2D eigenvalue weighted by Crippen LogP contribution is 2.30. The van der Waals surface area contributed by atoms with E-state index in [4.69, 9.17) is 0 Å². The number of halogens is 4. The number of nitrogens with zero attached hydrogens (tertiary/aromatic N) is 2. The maximum absolute atomic E-state index is 13.0. The molecule has 0 spiro atoms. The smallest absolute Gasteiger partial charge is 0.369 e. The van der Waals surface area contributed by atoms with E-state index < -0.39 is 26.7 Å². The third kappa shape index (κ3) is 5.68. The highest BCUT2D eigenvalue weighted by molar-refractivity contribution is 7.89. The molecule has 0 aromatic heterocycles. The van der Waals surface area contributed by atoms with Crippen molar-refractivity contribution in [1.82, 2.24) is 9.62 Å². The molecule has 158 valence electrons. The predicted octanol–water partition coefficient (Wildman–Crippen LogP) is 2.95. The molecule has 0 bridgehead atoms. The summed E-state index contributed by atoms with van der Waals surface area (Å²) in [6.07, 6.45) is -4.60. The largest absolute Gasteiger partial charge is 0.416 e. The number of nitrogens with one attached hydrogen (secondary N) is 1. The molecule has 29 heavy (non-hydrogen) atoms.